The highest BCUT2D eigenvalue weighted by Gasteiger charge is 2.61. The van der Waals surface area contributed by atoms with Gasteiger partial charge in [0.05, 0.1) is 0 Å². The fourth-order valence-corrected chi connectivity index (χ4v) is 1.80. The van der Waals surface area contributed by atoms with Crippen LogP contribution in [0.4, 0.5) is 43.9 Å². The summed E-state index contributed by atoms with van der Waals surface area (Å²) in [6.07, 6.45) is -12.0. The summed E-state index contributed by atoms with van der Waals surface area (Å²) in [5.41, 5.74) is -5.38. The summed E-state index contributed by atoms with van der Waals surface area (Å²) in [7, 11) is 0. The van der Waals surface area contributed by atoms with Crippen LogP contribution in [0.2, 0.25) is 0 Å². The fraction of sp³-hybridized carbons (Fsp3) is 0.571. The molecule has 1 aromatic carbocycles. The molecule has 0 aliphatic rings. The molecule has 1 rings (SSSR count). The molecular weight excluding hydrogens is 358 g/mol. The SMILES string of the molecule is CC.Cc1cc(C(F)(F)C(F)(F)F)c(C)cc1C(F)(F)C(F)(F)F. The Labute approximate surface area is 131 Å². The van der Waals surface area contributed by atoms with E-state index in [0.717, 1.165) is 0 Å². The Morgan fingerprint density at radius 2 is 0.750 bits per heavy atom. The van der Waals surface area contributed by atoms with Gasteiger partial charge in [0.1, 0.15) is 0 Å². The average molecular weight is 372 g/mol. The lowest BCUT2D eigenvalue weighted by atomic mass is 9.92. The van der Waals surface area contributed by atoms with Crippen molar-refractivity contribution >= 4 is 0 Å². The molecule has 10 heteroatoms. The summed E-state index contributed by atoms with van der Waals surface area (Å²) in [6, 6.07) is -0.00435. The molecule has 0 aliphatic heterocycles. The van der Waals surface area contributed by atoms with E-state index in [1.54, 1.807) is 0 Å². The molecule has 0 bridgehead atoms. The lowest BCUT2D eigenvalue weighted by Crippen LogP contribution is -2.36. The van der Waals surface area contributed by atoms with Crippen LogP contribution in [0.1, 0.15) is 36.1 Å². The quantitative estimate of drug-likeness (QED) is 0.511. The Kier molecular flexibility index (Phi) is 6.38. The van der Waals surface area contributed by atoms with Gasteiger partial charge in [-0.2, -0.15) is 43.9 Å². The van der Waals surface area contributed by atoms with Crippen molar-refractivity contribution in [2.24, 2.45) is 0 Å². The van der Waals surface area contributed by atoms with Crippen molar-refractivity contribution in [3.05, 3.63) is 34.4 Å². The topological polar surface area (TPSA) is 0 Å². The molecule has 0 amide bonds. The molecule has 0 nitrogen and oxygen atoms in total. The summed E-state index contributed by atoms with van der Waals surface area (Å²) in [5, 5.41) is 0. The first-order valence-electron chi connectivity index (χ1n) is 6.54. The smallest absolute Gasteiger partial charge is 0.191 e. The van der Waals surface area contributed by atoms with Crippen LogP contribution in [0.5, 0.6) is 0 Å². The predicted molar refractivity (Wildman–Crippen MR) is 67.2 cm³/mol. The van der Waals surface area contributed by atoms with Crippen molar-refractivity contribution in [3.63, 3.8) is 0 Å². The zero-order valence-corrected chi connectivity index (χ0v) is 12.9. The third-order valence-corrected chi connectivity index (χ3v) is 2.96. The summed E-state index contributed by atoms with van der Waals surface area (Å²) in [4.78, 5) is 0. The third-order valence-electron chi connectivity index (χ3n) is 2.96. The summed E-state index contributed by atoms with van der Waals surface area (Å²) in [6.45, 7) is 5.20. The van der Waals surface area contributed by atoms with E-state index in [1.807, 2.05) is 13.8 Å². The molecule has 0 saturated heterocycles. The molecule has 140 valence electrons. The van der Waals surface area contributed by atoms with Crippen LogP contribution in [0.15, 0.2) is 12.1 Å². The highest BCUT2D eigenvalue weighted by molar-refractivity contribution is 5.42. The zero-order chi connectivity index (χ0) is 19.7. The second-order valence-electron chi connectivity index (χ2n) is 4.63. The second-order valence-corrected chi connectivity index (χ2v) is 4.63. The summed E-state index contributed by atoms with van der Waals surface area (Å²) in [5.74, 6) is -10.7. The van der Waals surface area contributed by atoms with Gasteiger partial charge in [0.15, 0.2) is 0 Å². The molecule has 0 atom stereocenters. The second kappa shape index (κ2) is 6.79. The lowest BCUT2D eigenvalue weighted by molar-refractivity contribution is -0.291. The molecule has 0 aromatic heterocycles. The molecule has 0 N–H and O–H groups in total. The van der Waals surface area contributed by atoms with Gasteiger partial charge in [0.25, 0.3) is 0 Å². The van der Waals surface area contributed by atoms with Gasteiger partial charge in [-0.15, -0.1) is 0 Å². The van der Waals surface area contributed by atoms with Gasteiger partial charge < -0.3 is 0 Å². The molecule has 24 heavy (non-hydrogen) atoms. The molecule has 0 saturated carbocycles. The molecule has 1 aromatic rings. The number of halogens is 10. The van der Waals surface area contributed by atoms with E-state index in [1.165, 1.54) is 0 Å². The standard InChI is InChI=1S/C12H8F10.C2H6/c1-5-3-8(10(15,16)12(20,21)22)6(2)4-7(5)9(13,14)11(17,18)19;1-2/h3-4H,1-2H3;1-2H3. The van der Waals surface area contributed by atoms with Crippen molar-refractivity contribution < 1.29 is 43.9 Å². The Morgan fingerprint density at radius 3 is 0.917 bits per heavy atom. The third kappa shape index (κ3) is 3.94. The zero-order valence-electron chi connectivity index (χ0n) is 12.9. The Balaban J connectivity index is 0.00000254. The maximum absolute atomic E-state index is 13.2. The molecule has 0 heterocycles. The van der Waals surface area contributed by atoms with E-state index >= 15 is 0 Å². The van der Waals surface area contributed by atoms with E-state index in [-0.39, 0.29) is 12.1 Å². The van der Waals surface area contributed by atoms with Gasteiger partial charge in [-0.3, -0.25) is 0 Å². The molecular formula is C14H14F10. The number of hydrogen-bond donors (Lipinski definition) is 0. The Morgan fingerprint density at radius 1 is 0.542 bits per heavy atom. The molecule has 0 spiro atoms. The van der Waals surface area contributed by atoms with E-state index in [0.29, 0.717) is 13.8 Å². The van der Waals surface area contributed by atoms with Gasteiger partial charge in [-0.1, -0.05) is 13.8 Å². The largest absolute Gasteiger partial charge is 0.458 e. The number of aryl methyl sites for hydroxylation is 2. The highest BCUT2D eigenvalue weighted by Crippen LogP contribution is 2.49. The Hall–Kier alpha value is -1.48. The lowest BCUT2D eigenvalue weighted by Gasteiger charge is -2.26. The number of benzene rings is 1. The first kappa shape index (κ1) is 22.5. The molecule has 0 unspecified atom stereocenters. The van der Waals surface area contributed by atoms with Crippen molar-refractivity contribution in [1.29, 1.82) is 0 Å². The molecule has 0 aliphatic carbocycles. The van der Waals surface area contributed by atoms with E-state index in [4.69, 9.17) is 0 Å². The van der Waals surface area contributed by atoms with Crippen LogP contribution in [-0.4, -0.2) is 12.4 Å². The minimum absolute atomic E-state index is 0.00218. The van der Waals surface area contributed by atoms with Crippen molar-refractivity contribution in [1.82, 2.24) is 0 Å². The summed E-state index contributed by atoms with van der Waals surface area (Å²) < 4.78 is 127. The first-order valence-corrected chi connectivity index (χ1v) is 6.54. The Bertz CT molecular complexity index is 514. The minimum Gasteiger partial charge on any atom is -0.191 e. The number of rotatable bonds is 2. The van der Waals surface area contributed by atoms with Gasteiger partial charge in [-0.05, 0) is 37.1 Å². The predicted octanol–water partition coefficient (Wildman–Crippen LogP) is 6.64. The van der Waals surface area contributed by atoms with Crippen LogP contribution in [0.3, 0.4) is 0 Å². The minimum atomic E-state index is -6.00. The number of hydrogen-bond acceptors (Lipinski definition) is 0. The van der Waals surface area contributed by atoms with Gasteiger partial charge in [-0.25, -0.2) is 0 Å². The van der Waals surface area contributed by atoms with Gasteiger partial charge >= 0.3 is 24.2 Å². The van der Waals surface area contributed by atoms with Crippen molar-refractivity contribution in [2.45, 2.75) is 51.9 Å². The van der Waals surface area contributed by atoms with E-state index in [9.17, 15) is 43.9 Å². The van der Waals surface area contributed by atoms with Gasteiger partial charge in [0, 0.05) is 11.1 Å². The van der Waals surface area contributed by atoms with Crippen LogP contribution >= 0.6 is 0 Å². The number of alkyl halides is 10. The first-order chi connectivity index (χ1) is 10.5. The van der Waals surface area contributed by atoms with Gasteiger partial charge in [0.2, 0.25) is 0 Å². The van der Waals surface area contributed by atoms with E-state index < -0.39 is 46.5 Å². The summed E-state index contributed by atoms with van der Waals surface area (Å²) >= 11 is 0. The van der Waals surface area contributed by atoms with Crippen LogP contribution in [0, 0.1) is 13.8 Å². The monoisotopic (exact) mass is 372 g/mol. The van der Waals surface area contributed by atoms with Crippen molar-refractivity contribution in [3.8, 4) is 0 Å². The maximum Gasteiger partial charge on any atom is 0.458 e. The normalized spacial score (nSPS) is 13.4. The maximum atomic E-state index is 13.2. The van der Waals surface area contributed by atoms with Crippen LogP contribution in [-0.2, 0) is 11.8 Å². The average Bonchev–Trinajstić information content (AvgIpc) is 2.40. The van der Waals surface area contributed by atoms with E-state index in [2.05, 4.69) is 0 Å². The van der Waals surface area contributed by atoms with Crippen LogP contribution in [0.25, 0.3) is 0 Å². The highest BCUT2D eigenvalue weighted by atomic mass is 19.4. The molecule has 0 radical (unpaired) electrons. The van der Waals surface area contributed by atoms with Crippen LogP contribution < -0.4 is 0 Å². The fourth-order valence-electron chi connectivity index (χ4n) is 1.80. The molecule has 0 fully saturated rings. The van der Waals surface area contributed by atoms with Crippen molar-refractivity contribution in [2.75, 3.05) is 0 Å².